The number of nitrogens with zero attached hydrogens (tertiary/aromatic N) is 1. The number of imidazole rings is 1. The molecule has 13 N–H and O–H groups in total. The Kier molecular flexibility index (Phi) is 36.7. The standard InChI is InChI=1S/C53H87N7O17/c1-35(61)49(53(76)77)57-33-44(64)36(21-26-43(63)40(54)31-38-32-55-34-58-38)18-16-17-29-56-45(65)28-25-42(52(74)75)60-47(67)27-22-37(50(70)71)30-39(62)23-24-41(51(72)73)59-46(66)19-14-12-10-8-6-4-2-3-5-7-9-11-13-15-20-48(68)69/h32,34-37,40-42,49,57,61H,2-31,33,54H2,1H3,(H,55,58)(H,56,65)(H,59,66)(H,60,67)(H,68,69)(H,70,71)(H,72,73)(H,74,75)(H,76,77)/t35-,36-,37-,40+,41+,42?,49+/m1/s1. The van der Waals surface area contributed by atoms with Crippen LogP contribution in [0.3, 0.4) is 0 Å². The second-order valence-corrected chi connectivity index (χ2v) is 20.0. The van der Waals surface area contributed by atoms with Crippen molar-refractivity contribution in [1.29, 1.82) is 0 Å². The van der Waals surface area contributed by atoms with Crippen LogP contribution in [-0.4, -0.2) is 149 Å². The number of nitrogens with two attached hydrogens (primary N) is 1. The second-order valence-electron chi connectivity index (χ2n) is 20.0. The van der Waals surface area contributed by atoms with Gasteiger partial charge >= 0.3 is 29.8 Å². The summed E-state index contributed by atoms with van der Waals surface area (Å²) in [6, 6.07) is -5.12. The van der Waals surface area contributed by atoms with Crippen molar-refractivity contribution in [2.45, 2.75) is 223 Å². The van der Waals surface area contributed by atoms with Crippen molar-refractivity contribution < 1.29 is 83.4 Å². The minimum absolute atomic E-state index is 0.0318. The number of aromatic amines is 1. The van der Waals surface area contributed by atoms with Crippen LogP contribution in [0, 0.1) is 11.8 Å². The van der Waals surface area contributed by atoms with Gasteiger partial charge in [0.2, 0.25) is 17.7 Å². The number of aliphatic hydroxyl groups excluding tert-OH is 1. The van der Waals surface area contributed by atoms with E-state index in [2.05, 4.69) is 31.2 Å². The first-order valence-electron chi connectivity index (χ1n) is 27.3. The molecule has 0 bridgehead atoms. The van der Waals surface area contributed by atoms with Crippen LogP contribution in [0.15, 0.2) is 12.5 Å². The molecule has 0 aliphatic heterocycles. The molecular formula is C53H87N7O17. The summed E-state index contributed by atoms with van der Waals surface area (Å²) in [6.45, 7) is 1.01. The van der Waals surface area contributed by atoms with E-state index in [9.17, 15) is 78.3 Å². The van der Waals surface area contributed by atoms with Gasteiger partial charge in [0.15, 0.2) is 0 Å². The molecule has 0 fully saturated rings. The molecule has 0 saturated carbocycles. The van der Waals surface area contributed by atoms with Gasteiger partial charge in [-0.15, -0.1) is 0 Å². The molecule has 3 amide bonds. The van der Waals surface area contributed by atoms with E-state index in [0.29, 0.717) is 25.0 Å². The summed E-state index contributed by atoms with van der Waals surface area (Å²) >= 11 is 0. The number of unbranched alkanes of at least 4 members (excludes halogenated alkanes) is 14. The number of carbonyl (C=O) groups is 11. The van der Waals surface area contributed by atoms with Gasteiger partial charge in [0.1, 0.15) is 35.5 Å². The molecule has 0 saturated heterocycles. The average molecular weight is 1090 g/mol. The number of carboxylic acids is 5. The molecule has 0 aliphatic carbocycles. The summed E-state index contributed by atoms with van der Waals surface area (Å²) in [7, 11) is 0. The molecular weight excluding hydrogens is 1010 g/mol. The molecule has 0 spiro atoms. The van der Waals surface area contributed by atoms with Gasteiger partial charge in [-0.1, -0.05) is 83.5 Å². The Hall–Kier alpha value is -6.14. The SMILES string of the molecule is C[C@@H](O)[C@H](NCC(=O)[C@H](CCCCNC(=O)CCC(NC(=O)CC[C@H](CC(=O)CC[C@H](NC(=O)CCCCCCCCCCCCCCCCC(=O)O)C(=O)O)C(=O)O)C(=O)O)CCC(=O)[C@@H](N)Cc1cnc[nH]1)C(=O)O. The number of hydrogen-bond acceptors (Lipinski definition) is 15. The number of Topliss-reactive ketones (excluding diaryl/α,β-unsaturated/α-hetero) is 3. The summed E-state index contributed by atoms with van der Waals surface area (Å²) < 4.78 is 0. The first kappa shape index (κ1) is 68.9. The fourth-order valence-electron chi connectivity index (χ4n) is 8.67. The predicted octanol–water partition coefficient (Wildman–Crippen LogP) is 3.99. The quantitative estimate of drug-likeness (QED) is 0.0410. The Balaban J connectivity index is 2.46. The second kappa shape index (κ2) is 41.0. The minimum Gasteiger partial charge on any atom is -0.481 e. The van der Waals surface area contributed by atoms with Gasteiger partial charge in [0.25, 0.3) is 0 Å². The first-order valence-corrected chi connectivity index (χ1v) is 27.3. The van der Waals surface area contributed by atoms with Gasteiger partial charge < -0.3 is 57.3 Å². The van der Waals surface area contributed by atoms with Gasteiger partial charge in [-0.25, -0.2) is 14.6 Å². The maximum Gasteiger partial charge on any atom is 0.326 e. The lowest BCUT2D eigenvalue weighted by atomic mass is 9.89. The molecule has 77 heavy (non-hydrogen) atoms. The monoisotopic (exact) mass is 1090 g/mol. The van der Waals surface area contributed by atoms with E-state index in [1.807, 2.05) is 0 Å². The van der Waals surface area contributed by atoms with E-state index in [4.69, 9.17) is 10.8 Å². The number of aliphatic carboxylic acids is 5. The Bertz CT molecular complexity index is 1980. The minimum atomic E-state index is -1.51. The van der Waals surface area contributed by atoms with E-state index in [1.165, 1.54) is 32.3 Å². The number of carboxylic acid groups (broad SMARTS) is 5. The number of rotatable bonds is 50. The van der Waals surface area contributed by atoms with Crippen molar-refractivity contribution >= 4 is 64.9 Å². The molecule has 0 aliphatic rings. The maximum absolute atomic E-state index is 13.2. The van der Waals surface area contributed by atoms with Crippen molar-refractivity contribution in [2.75, 3.05) is 13.1 Å². The van der Waals surface area contributed by atoms with Gasteiger partial charge in [0, 0.05) is 75.7 Å². The number of aliphatic hydroxyl groups is 1. The number of ketones is 3. The molecule has 0 aromatic carbocycles. The van der Waals surface area contributed by atoms with Gasteiger partial charge in [-0.2, -0.15) is 0 Å². The lowest BCUT2D eigenvalue weighted by Gasteiger charge is -2.20. The lowest BCUT2D eigenvalue weighted by molar-refractivity contribution is -0.145. The number of carbonyl (C=O) groups excluding carboxylic acids is 6. The number of H-pyrrole nitrogens is 1. The molecule has 436 valence electrons. The molecule has 1 heterocycles. The van der Waals surface area contributed by atoms with Crippen LogP contribution in [0.2, 0.25) is 0 Å². The van der Waals surface area contributed by atoms with Crippen LogP contribution in [0.1, 0.15) is 192 Å². The smallest absolute Gasteiger partial charge is 0.326 e. The van der Waals surface area contributed by atoms with Crippen LogP contribution in [0.25, 0.3) is 0 Å². The lowest BCUT2D eigenvalue weighted by Crippen LogP contribution is -2.47. The third-order valence-corrected chi connectivity index (χ3v) is 13.4. The highest BCUT2D eigenvalue weighted by Gasteiger charge is 2.29. The zero-order valence-electron chi connectivity index (χ0n) is 44.8. The largest absolute Gasteiger partial charge is 0.481 e. The van der Waals surface area contributed by atoms with E-state index in [0.717, 1.165) is 70.6 Å². The zero-order valence-corrected chi connectivity index (χ0v) is 44.8. The Morgan fingerprint density at radius 2 is 1.05 bits per heavy atom. The molecule has 1 aromatic heterocycles. The van der Waals surface area contributed by atoms with E-state index < -0.39 is 108 Å². The van der Waals surface area contributed by atoms with Gasteiger partial charge in [0.05, 0.1) is 30.9 Å². The van der Waals surface area contributed by atoms with Crippen molar-refractivity contribution in [3.8, 4) is 0 Å². The van der Waals surface area contributed by atoms with Gasteiger partial charge in [-0.3, -0.25) is 48.5 Å². The van der Waals surface area contributed by atoms with Crippen molar-refractivity contribution in [3.63, 3.8) is 0 Å². The zero-order chi connectivity index (χ0) is 57.5. The van der Waals surface area contributed by atoms with Crippen molar-refractivity contribution in [3.05, 3.63) is 18.2 Å². The maximum atomic E-state index is 13.2. The molecule has 1 unspecified atom stereocenters. The highest BCUT2D eigenvalue weighted by atomic mass is 16.4. The van der Waals surface area contributed by atoms with Crippen LogP contribution in [-0.2, 0) is 59.2 Å². The molecule has 24 nitrogen and oxygen atoms in total. The fraction of sp³-hybridized carbons (Fsp3) is 0.736. The Morgan fingerprint density at radius 1 is 0.545 bits per heavy atom. The number of nitrogens with one attached hydrogen (secondary N) is 5. The van der Waals surface area contributed by atoms with Crippen LogP contribution in [0.4, 0.5) is 0 Å². The predicted molar refractivity (Wildman–Crippen MR) is 280 cm³/mol. The van der Waals surface area contributed by atoms with Crippen molar-refractivity contribution in [1.82, 2.24) is 31.2 Å². The van der Waals surface area contributed by atoms with Crippen LogP contribution in [0.5, 0.6) is 0 Å². The Labute approximate surface area is 450 Å². The molecule has 7 atom stereocenters. The summed E-state index contributed by atoms with van der Waals surface area (Å²) in [6.07, 6.45) is 14.9. The van der Waals surface area contributed by atoms with Crippen LogP contribution < -0.4 is 27.0 Å². The van der Waals surface area contributed by atoms with Gasteiger partial charge in [-0.05, 0) is 58.3 Å². The van der Waals surface area contributed by atoms with Crippen molar-refractivity contribution in [2.24, 2.45) is 17.6 Å². The highest BCUT2D eigenvalue weighted by molar-refractivity contribution is 5.88. The van der Waals surface area contributed by atoms with E-state index in [-0.39, 0.29) is 95.3 Å². The summed E-state index contributed by atoms with van der Waals surface area (Å²) in [4.78, 5) is 141. The summed E-state index contributed by atoms with van der Waals surface area (Å²) in [5, 5.41) is 66.9. The topological polar surface area (TPSA) is 412 Å². The van der Waals surface area contributed by atoms with E-state index in [1.54, 1.807) is 0 Å². The Morgan fingerprint density at radius 3 is 1.55 bits per heavy atom. The number of aromatic nitrogens is 2. The van der Waals surface area contributed by atoms with Crippen LogP contribution >= 0.6 is 0 Å². The highest BCUT2D eigenvalue weighted by Crippen LogP contribution is 2.19. The molecule has 1 rings (SSSR count). The van der Waals surface area contributed by atoms with E-state index >= 15 is 0 Å². The fourth-order valence-corrected chi connectivity index (χ4v) is 8.67. The normalized spacial score (nSPS) is 14.0. The molecule has 1 aromatic rings. The third-order valence-electron chi connectivity index (χ3n) is 13.4. The molecule has 24 heteroatoms. The third kappa shape index (κ3) is 34.3. The summed E-state index contributed by atoms with van der Waals surface area (Å²) in [5.74, 6) is -11.4. The number of amides is 3. The number of hydrogen-bond donors (Lipinski definition) is 12. The first-order chi connectivity index (χ1) is 36.6. The summed E-state index contributed by atoms with van der Waals surface area (Å²) in [5.41, 5.74) is 6.72. The average Bonchev–Trinajstić information content (AvgIpc) is 3.88. The molecule has 0 radical (unpaired) electrons.